The van der Waals surface area contributed by atoms with Crippen LogP contribution in [0.2, 0.25) is 13.3 Å². The van der Waals surface area contributed by atoms with Crippen LogP contribution in [0, 0.1) is 0 Å². The molecule has 2 atom stereocenters. The summed E-state index contributed by atoms with van der Waals surface area (Å²) in [4.78, 5) is 25.2. The van der Waals surface area contributed by atoms with Gasteiger partial charge in [-0.1, -0.05) is 0 Å². The zero-order valence-electron chi connectivity index (χ0n) is 25.1. The SMILES string of the molecule is CCCCCCCC[C@@H](/C=[CH]/[Sn]([CH2]CCC)([CH2]CCC)[CH2]CCC)OC(=O)[C@@H](OC(C)=O)c1ccccc1. The number of rotatable bonds is 22. The van der Waals surface area contributed by atoms with Gasteiger partial charge in [0, 0.05) is 0 Å². The van der Waals surface area contributed by atoms with Gasteiger partial charge in [-0.25, -0.2) is 0 Å². The average molecular weight is 636 g/mol. The Morgan fingerprint density at radius 3 is 1.79 bits per heavy atom. The van der Waals surface area contributed by atoms with Crippen LogP contribution in [0.3, 0.4) is 0 Å². The molecule has 0 saturated heterocycles. The van der Waals surface area contributed by atoms with E-state index in [9.17, 15) is 9.59 Å². The fourth-order valence-corrected chi connectivity index (χ4v) is 19.5. The number of unbranched alkanes of at least 4 members (excludes halogenated alkanes) is 8. The zero-order valence-corrected chi connectivity index (χ0v) is 28.0. The molecule has 1 rings (SSSR count). The number of hydrogen-bond donors (Lipinski definition) is 0. The fraction of sp³-hybridized carbons (Fsp3) is 0.697. The summed E-state index contributed by atoms with van der Waals surface area (Å²) in [5.74, 6) is -0.948. The van der Waals surface area contributed by atoms with Gasteiger partial charge in [0.15, 0.2) is 0 Å². The quantitative estimate of drug-likeness (QED) is 0.0723. The van der Waals surface area contributed by atoms with Crippen molar-refractivity contribution in [1.82, 2.24) is 0 Å². The van der Waals surface area contributed by atoms with E-state index in [0.717, 1.165) is 19.3 Å². The van der Waals surface area contributed by atoms with Gasteiger partial charge in [-0.15, -0.1) is 0 Å². The Labute approximate surface area is 238 Å². The molecule has 0 N–H and O–H groups in total. The van der Waals surface area contributed by atoms with Crippen LogP contribution in [0.5, 0.6) is 0 Å². The summed E-state index contributed by atoms with van der Waals surface area (Å²) in [5, 5.41) is 0. The van der Waals surface area contributed by atoms with Crippen molar-refractivity contribution in [3.63, 3.8) is 0 Å². The summed E-state index contributed by atoms with van der Waals surface area (Å²) in [6.45, 7) is 10.5. The average Bonchev–Trinajstić information content (AvgIpc) is 2.92. The van der Waals surface area contributed by atoms with Gasteiger partial charge in [0.1, 0.15) is 0 Å². The number of ether oxygens (including phenoxy) is 2. The van der Waals surface area contributed by atoms with Gasteiger partial charge in [-0.05, 0) is 0 Å². The zero-order chi connectivity index (χ0) is 28.1. The second kappa shape index (κ2) is 21.5. The van der Waals surface area contributed by atoms with Crippen molar-refractivity contribution in [3.05, 3.63) is 46.1 Å². The van der Waals surface area contributed by atoms with Crippen molar-refractivity contribution in [3.8, 4) is 0 Å². The standard InChI is InChI=1S/C21H29O4.3C4H9.Sn/c1-4-6-7-8-9-13-16-19(5-2)25-21(23)20(24-17(3)22)18-14-11-10-12-15-18;3*1-3-4-2;/h2,5,10-12,14-15,19-20H,4,6-9,13,16H2,1,3H3;3*1,3-4H2,2H3;/t19-,20+;;;;/m1..../s1. The van der Waals surface area contributed by atoms with Gasteiger partial charge >= 0.3 is 239 Å². The molecular weight excluding hydrogens is 579 g/mol. The molecule has 38 heavy (non-hydrogen) atoms. The van der Waals surface area contributed by atoms with Gasteiger partial charge in [-0.2, -0.15) is 0 Å². The third kappa shape index (κ3) is 14.7. The van der Waals surface area contributed by atoms with Crippen LogP contribution in [0.1, 0.15) is 130 Å². The Morgan fingerprint density at radius 2 is 1.26 bits per heavy atom. The molecule has 216 valence electrons. The Morgan fingerprint density at radius 1 is 0.737 bits per heavy atom. The van der Waals surface area contributed by atoms with Crippen LogP contribution in [0.25, 0.3) is 0 Å². The van der Waals surface area contributed by atoms with Crippen molar-refractivity contribution in [2.45, 2.75) is 144 Å². The summed E-state index contributed by atoms with van der Waals surface area (Å²) in [6, 6.07) is 9.22. The van der Waals surface area contributed by atoms with Crippen molar-refractivity contribution < 1.29 is 19.1 Å². The predicted octanol–water partition coefficient (Wildman–Crippen LogP) is 9.90. The number of carbonyl (C=O) groups is 2. The van der Waals surface area contributed by atoms with Gasteiger partial charge in [0.25, 0.3) is 0 Å². The Bertz CT molecular complexity index is 755. The minimum atomic E-state index is -2.52. The van der Waals surface area contributed by atoms with E-state index in [1.54, 1.807) is 0 Å². The molecule has 0 saturated carbocycles. The van der Waals surface area contributed by atoms with E-state index in [2.05, 4.69) is 37.9 Å². The Kier molecular flexibility index (Phi) is 19.7. The number of hydrogen-bond acceptors (Lipinski definition) is 4. The van der Waals surface area contributed by atoms with E-state index in [4.69, 9.17) is 9.47 Å². The summed E-state index contributed by atoms with van der Waals surface area (Å²) in [6.07, 6.45) is 16.6. The molecule has 0 fully saturated rings. The fourth-order valence-electron chi connectivity index (χ4n) is 5.10. The molecule has 4 nitrogen and oxygen atoms in total. The molecule has 0 bridgehead atoms. The first kappa shape index (κ1) is 34.7. The third-order valence-electron chi connectivity index (χ3n) is 7.46. The molecule has 0 aliphatic rings. The van der Waals surface area contributed by atoms with Crippen molar-refractivity contribution in [2.75, 3.05) is 0 Å². The van der Waals surface area contributed by atoms with Crippen molar-refractivity contribution in [1.29, 1.82) is 0 Å². The third-order valence-corrected chi connectivity index (χ3v) is 21.6. The Hall–Kier alpha value is -1.30. The monoisotopic (exact) mass is 636 g/mol. The molecule has 0 aliphatic carbocycles. The van der Waals surface area contributed by atoms with Crippen molar-refractivity contribution in [2.24, 2.45) is 0 Å². The summed E-state index contributed by atoms with van der Waals surface area (Å²) in [5.41, 5.74) is 0.650. The first-order chi connectivity index (χ1) is 18.4. The van der Waals surface area contributed by atoms with Gasteiger partial charge in [0.05, 0.1) is 0 Å². The van der Waals surface area contributed by atoms with E-state index >= 15 is 0 Å². The van der Waals surface area contributed by atoms with E-state index in [1.165, 1.54) is 84.4 Å². The maximum absolute atomic E-state index is 13.4. The second-order valence-corrected chi connectivity index (χ2v) is 24.0. The summed E-state index contributed by atoms with van der Waals surface area (Å²) < 4.78 is 18.4. The first-order valence-corrected chi connectivity index (χ1v) is 23.2. The molecule has 0 spiro atoms. The van der Waals surface area contributed by atoms with Gasteiger partial charge < -0.3 is 0 Å². The van der Waals surface area contributed by atoms with Crippen LogP contribution in [-0.2, 0) is 19.1 Å². The molecule has 1 aromatic carbocycles. The molecule has 5 heteroatoms. The molecule has 0 aromatic heterocycles. The van der Waals surface area contributed by atoms with E-state index < -0.39 is 36.4 Å². The number of carbonyl (C=O) groups excluding carboxylic acids is 2. The van der Waals surface area contributed by atoms with Crippen LogP contribution in [-0.4, -0.2) is 36.4 Å². The van der Waals surface area contributed by atoms with Crippen LogP contribution in [0.4, 0.5) is 0 Å². The predicted molar refractivity (Wildman–Crippen MR) is 163 cm³/mol. The normalized spacial score (nSPS) is 13.4. The van der Waals surface area contributed by atoms with Crippen LogP contribution in [0.15, 0.2) is 40.5 Å². The van der Waals surface area contributed by atoms with Gasteiger partial charge in [0.2, 0.25) is 0 Å². The first-order valence-electron chi connectivity index (χ1n) is 15.5. The molecule has 0 unspecified atom stereocenters. The van der Waals surface area contributed by atoms with Crippen LogP contribution >= 0.6 is 0 Å². The topological polar surface area (TPSA) is 52.6 Å². The van der Waals surface area contributed by atoms with E-state index in [0.29, 0.717) is 5.56 Å². The molecule has 0 radical (unpaired) electrons. The summed E-state index contributed by atoms with van der Waals surface area (Å²) in [7, 11) is 0. The second-order valence-electron chi connectivity index (χ2n) is 11.0. The molecule has 1 aromatic rings. The van der Waals surface area contributed by atoms with E-state index in [-0.39, 0.29) is 6.10 Å². The minimum absolute atomic E-state index is 0.267. The van der Waals surface area contributed by atoms with Crippen LogP contribution < -0.4 is 0 Å². The number of benzene rings is 1. The molecule has 0 amide bonds. The Balaban J connectivity index is 3.15. The number of esters is 2. The molecule has 0 heterocycles. The molecular formula is C33H56O4Sn. The van der Waals surface area contributed by atoms with E-state index in [1.807, 2.05) is 30.3 Å². The maximum atomic E-state index is 13.4. The van der Waals surface area contributed by atoms with Crippen molar-refractivity contribution >= 4 is 30.3 Å². The van der Waals surface area contributed by atoms with Gasteiger partial charge in [-0.3, -0.25) is 0 Å². The molecule has 0 aliphatic heterocycles. The summed E-state index contributed by atoms with van der Waals surface area (Å²) >= 11 is -2.52.